The summed E-state index contributed by atoms with van der Waals surface area (Å²) >= 11 is 0. The van der Waals surface area contributed by atoms with Crippen molar-refractivity contribution in [3.05, 3.63) is 18.1 Å². The maximum absolute atomic E-state index is 12.5. The second-order valence-corrected chi connectivity index (χ2v) is 4.33. The molecule has 0 atom stereocenters. The maximum atomic E-state index is 12.5. The van der Waals surface area contributed by atoms with Gasteiger partial charge >= 0.3 is 6.18 Å². The predicted octanol–water partition coefficient (Wildman–Crippen LogP) is 1.75. The molecule has 1 aromatic rings. The van der Waals surface area contributed by atoms with Crippen LogP contribution in [0.15, 0.2) is 12.4 Å². The van der Waals surface area contributed by atoms with Crippen molar-refractivity contribution in [3.63, 3.8) is 0 Å². The highest BCUT2D eigenvalue weighted by Gasteiger charge is 2.41. The first-order valence-electron chi connectivity index (χ1n) is 5.74. The van der Waals surface area contributed by atoms with Crippen LogP contribution in [-0.2, 0) is 6.61 Å². The van der Waals surface area contributed by atoms with Crippen LogP contribution >= 0.6 is 0 Å². The minimum atomic E-state index is -4.11. The standard InChI is InChI=1S/C11H14F3N3O/c12-11(13,14)8-1-3-17(4-2-8)10-6-15-5-9(7-18)16-10/h5-6,8,18H,1-4,7H2. The van der Waals surface area contributed by atoms with E-state index in [2.05, 4.69) is 9.97 Å². The summed E-state index contributed by atoms with van der Waals surface area (Å²) in [5.74, 6) is -0.690. The molecule has 1 aliphatic heterocycles. The van der Waals surface area contributed by atoms with Crippen LogP contribution in [0, 0.1) is 5.92 Å². The van der Waals surface area contributed by atoms with E-state index in [4.69, 9.17) is 5.11 Å². The van der Waals surface area contributed by atoms with E-state index >= 15 is 0 Å². The van der Waals surface area contributed by atoms with Crippen molar-refractivity contribution in [1.82, 2.24) is 9.97 Å². The lowest BCUT2D eigenvalue weighted by molar-refractivity contribution is -0.179. The largest absolute Gasteiger partial charge is 0.391 e. The number of piperidine rings is 1. The second-order valence-electron chi connectivity index (χ2n) is 4.33. The van der Waals surface area contributed by atoms with Gasteiger partial charge in [-0.25, -0.2) is 4.98 Å². The van der Waals surface area contributed by atoms with E-state index in [1.165, 1.54) is 12.4 Å². The Balaban J connectivity index is 2.01. The van der Waals surface area contributed by atoms with E-state index in [9.17, 15) is 13.2 Å². The van der Waals surface area contributed by atoms with E-state index in [1.807, 2.05) is 0 Å². The lowest BCUT2D eigenvalue weighted by Gasteiger charge is -2.33. The fraction of sp³-hybridized carbons (Fsp3) is 0.636. The van der Waals surface area contributed by atoms with Gasteiger partial charge in [-0.3, -0.25) is 4.98 Å². The number of aliphatic hydroxyl groups is 1. The zero-order chi connectivity index (χ0) is 13.2. The number of alkyl halides is 3. The SMILES string of the molecule is OCc1cncc(N2CCC(C(F)(F)F)CC2)n1. The van der Waals surface area contributed by atoms with Gasteiger partial charge in [-0.15, -0.1) is 0 Å². The zero-order valence-corrected chi connectivity index (χ0v) is 9.69. The van der Waals surface area contributed by atoms with E-state index in [0.29, 0.717) is 24.6 Å². The third-order valence-electron chi connectivity index (χ3n) is 3.12. The Bertz CT molecular complexity index is 403. The Hall–Kier alpha value is -1.37. The molecule has 4 nitrogen and oxygen atoms in total. The lowest BCUT2D eigenvalue weighted by atomic mass is 9.96. The van der Waals surface area contributed by atoms with Gasteiger partial charge in [-0.1, -0.05) is 0 Å². The summed E-state index contributed by atoms with van der Waals surface area (Å²) in [5.41, 5.74) is 0.422. The average Bonchev–Trinajstić information content (AvgIpc) is 2.38. The minimum absolute atomic E-state index is 0.0779. The summed E-state index contributed by atoms with van der Waals surface area (Å²) in [7, 11) is 0. The van der Waals surface area contributed by atoms with Gasteiger partial charge in [0.2, 0.25) is 0 Å². The number of halogens is 3. The smallest absolute Gasteiger partial charge is 0.390 e. The first-order valence-corrected chi connectivity index (χ1v) is 5.74. The second kappa shape index (κ2) is 5.09. The number of rotatable bonds is 2. The Kier molecular flexibility index (Phi) is 3.70. The van der Waals surface area contributed by atoms with Crippen molar-refractivity contribution < 1.29 is 18.3 Å². The number of aliphatic hydroxyl groups excluding tert-OH is 1. The first-order chi connectivity index (χ1) is 8.50. The van der Waals surface area contributed by atoms with E-state index < -0.39 is 12.1 Å². The van der Waals surface area contributed by atoms with Gasteiger partial charge in [-0.2, -0.15) is 13.2 Å². The molecule has 1 saturated heterocycles. The van der Waals surface area contributed by atoms with Crippen LogP contribution in [0.3, 0.4) is 0 Å². The lowest BCUT2D eigenvalue weighted by Crippen LogP contribution is -2.39. The topological polar surface area (TPSA) is 49.3 Å². The molecule has 0 amide bonds. The normalized spacial score (nSPS) is 18.1. The molecular formula is C11H14F3N3O. The molecule has 1 aromatic heterocycles. The minimum Gasteiger partial charge on any atom is -0.390 e. The number of aromatic nitrogens is 2. The number of hydrogen-bond donors (Lipinski definition) is 1. The molecular weight excluding hydrogens is 247 g/mol. The van der Waals surface area contributed by atoms with E-state index in [-0.39, 0.29) is 19.4 Å². The van der Waals surface area contributed by atoms with Gasteiger partial charge in [0, 0.05) is 13.1 Å². The zero-order valence-electron chi connectivity index (χ0n) is 9.69. The highest BCUT2D eigenvalue weighted by atomic mass is 19.4. The third kappa shape index (κ3) is 2.90. The fourth-order valence-corrected chi connectivity index (χ4v) is 2.06. The van der Waals surface area contributed by atoms with Crippen molar-refractivity contribution in [2.75, 3.05) is 18.0 Å². The van der Waals surface area contributed by atoms with Crippen molar-refractivity contribution >= 4 is 5.82 Å². The monoisotopic (exact) mass is 261 g/mol. The molecule has 1 N–H and O–H groups in total. The Morgan fingerprint density at radius 3 is 2.50 bits per heavy atom. The fourth-order valence-electron chi connectivity index (χ4n) is 2.06. The van der Waals surface area contributed by atoms with Crippen LogP contribution < -0.4 is 4.90 Å². The summed E-state index contributed by atoms with van der Waals surface area (Å²) in [6.45, 7) is 0.404. The van der Waals surface area contributed by atoms with E-state index in [0.717, 1.165) is 0 Å². The van der Waals surface area contributed by atoms with Crippen molar-refractivity contribution in [1.29, 1.82) is 0 Å². The van der Waals surface area contributed by atoms with Gasteiger partial charge < -0.3 is 10.0 Å². The van der Waals surface area contributed by atoms with Gasteiger partial charge in [-0.05, 0) is 12.8 Å². The summed E-state index contributed by atoms with van der Waals surface area (Å²) in [6.07, 6.45) is -1.01. The summed E-state index contributed by atoms with van der Waals surface area (Å²) in [4.78, 5) is 9.82. The quantitative estimate of drug-likeness (QED) is 0.881. The molecule has 0 spiro atoms. The average molecular weight is 261 g/mol. The molecule has 0 aromatic carbocycles. The highest BCUT2D eigenvalue weighted by Crippen LogP contribution is 2.34. The first kappa shape index (κ1) is 13.1. The summed E-state index contributed by atoms with van der Waals surface area (Å²) < 4.78 is 37.5. The van der Waals surface area contributed by atoms with Crippen LogP contribution in [0.1, 0.15) is 18.5 Å². The Morgan fingerprint density at radius 2 is 1.94 bits per heavy atom. The molecule has 2 heterocycles. The molecule has 1 aliphatic rings. The molecule has 0 radical (unpaired) electrons. The van der Waals surface area contributed by atoms with Gasteiger partial charge in [0.15, 0.2) is 0 Å². The van der Waals surface area contributed by atoms with Crippen LogP contribution in [0.5, 0.6) is 0 Å². The molecule has 7 heteroatoms. The summed E-state index contributed by atoms with van der Waals surface area (Å²) in [6, 6.07) is 0. The molecule has 2 rings (SSSR count). The van der Waals surface area contributed by atoms with Crippen molar-refractivity contribution in [3.8, 4) is 0 Å². The molecule has 0 aliphatic carbocycles. The molecule has 0 bridgehead atoms. The number of anilines is 1. The van der Waals surface area contributed by atoms with Crippen LogP contribution in [0.2, 0.25) is 0 Å². The Morgan fingerprint density at radius 1 is 1.28 bits per heavy atom. The van der Waals surface area contributed by atoms with Gasteiger partial charge in [0.05, 0.1) is 30.6 Å². The van der Waals surface area contributed by atoms with Crippen molar-refractivity contribution in [2.45, 2.75) is 25.6 Å². The third-order valence-corrected chi connectivity index (χ3v) is 3.12. The Labute approximate surface area is 102 Å². The van der Waals surface area contributed by atoms with Crippen LogP contribution in [0.4, 0.5) is 19.0 Å². The predicted molar refractivity (Wildman–Crippen MR) is 58.9 cm³/mol. The number of nitrogens with zero attached hydrogens (tertiary/aromatic N) is 3. The molecule has 0 unspecified atom stereocenters. The molecule has 100 valence electrons. The van der Waals surface area contributed by atoms with Crippen molar-refractivity contribution in [2.24, 2.45) is 5.92 Å². The van der Waals surface area contributed by atoms with E-state index in [1.54, 1.807) is 4.90 Å². The molecule has 0 saturated carbocycles. The van der Waals surface area contributed by atoms with Gasteiger partial charge in [0.25, 0.3) is 0 Å². The maximum Gasteiger partial charge on any atom is 0.391 e. The van der Waals surface area contributed by atoms with Gasteiger partial charge in [0.1, 0.15) is 5.82 Å². The highest BCUT2D eigenvalue weighted by molar-refractivity contribution is 5.36. The number of hydrogen-bond acceptors (Lipinski definition) is 4. The molecule has 18 heavy (non-hydrogen) atoms. The van der Waals surface area contributed by atoms with Crippen LogP contribution in [0.25, 0.3) is 0 Å². The van der Waals surface area contributed by atoms with Crippen LogP contribution in [-0.4, -0.2) is 34.3 Å². The summed E-state index contributed by atoms with van der Waals surface area (Å²) in [5, 5.41) is 8.94. The molecule has 1 fully saturated rings.